The van der Waals surface area contributed by atoms with E-state index in [1.54, 1.807) is 6.08 Å². The number of esters is 1. The van der Waals surface area contributed by atoms with Gasteiger partial charge >= 0.3 is 5.97 Å². The molecule has 0 aliphatic carbocycles. The number of nitrogens with one attached hydrogen (secondary N) is 1. The number of hydrogen-bond acceptors (Lipinski definition) is 5. The highest BCUT2D eigenvalue weighted by molar-refractivity contribution is 5.76. The lowest BCUT2D eigenvalue weighted by molar-refractivity contribution is -0.143. The highest BCUT2D eigenvalue weighted by atomic mass is 16.5. The number of unbranched alkanes of at least 4 members (excludes halogenated alkanes) is 37. The van der Waals surface area contributed by atoms with Crippen LogP contribution in [0.25, 0.3) is 0 Å². The van der Waals surface area contributed by atoms with E-state index >= 15 is 0 Å². The molecule has 0 heterocycles. The predicted octanol–water partition coefficient (Wildman–Crippen LogP) is 18.2. The third-order valence-electron chi connectivity index (χ3n) is 13.3. The van der Waals surface area contributed by atoms with E-state index < -0.39 is 12.1 Å². The summed E-state index contributed by atoms with van der Waals surface area (Å²) in [4.78, 5) is 24.5. The zero-order valence-corrected chi connectivity index (χ0v) is 44.6. The summed E-state index contributed by atoms with van der Waals surface area (Å²) in [7, 11) is 0. The lowest BCUT2D eigenvalue weighted by atomic mass is 10.0. The van der Waals surface area contributed by atoms with E-state index in [4.69, 9.17) is 4.74 Å². The lowest BCUT2D eigenvalue weighted by Gasteiger charge is -2.19. The quantitative estimate of drug-likeness (QED) is 0.0321. The molecule has 0 aromatic carbocycles. The molecule has 0 aliphatic rings. The Kier molecular flexibility index (Phi) is 54.6. The first kappa shape index (κ1) is 64.8. The van der Waals surface area contributed by atoms with Crippen molar-refractivity contribution in [1.82, 2.24) is 5.32 Å². The summed E-state index contributed by atoms with van der Waals surface area (Å²) in [6, 6.07) is -0.668. The summed E-state index contributed by atoms with van der Waals surface area (Å²) >= 11 is 0. The van der Waals surface area contributed by atoms with E-state index in [1.165, 1.54) is 199 Å². The molecule has 2 unspecified atom stereocenters. The summed E-state index contributed by atoms with van der Waals surface area (Å²) in [5, 5.41) is 23.1. The monoisotopic (exact) mass is 940 g/mol. The molecule has 0 aromatic rings. The summed E-state index contributed by atoms with van der Waals surface area (Å²) in [6.07, 6.45) is 71.4. The van der Waals surface area contributed by atoms with Crippen LogP contribution in [0.4, 0.5) is 0 Å². The Morgan fingerprint density at radius 1 is 0.418 bits per heavy atom. The zero-order valence-electron chi connectivity index (χ0n) is 44.6. The number of aliphatic hydroxyl groups is 2. The topological polar surface area (TPSA) is 95.9 Å². The second kappa shape index (κ2) is 56.4. The highest BCUT2D eigenvalue weighted by Crippen LogP contribution is 2.16. The van der Waals surface area contributed by atoms with Crippen molar-refractivity contribution in [2.45, 2.75) is 315 Å². The molecule has 0 aliphatic heterocycles. The molecule has 0 bridgehead atoms. The Bertz CT molecular complexity index is 1130. The van der Waals surface area contributed by atoms with Gasteiger partial charge in [0.05, 0.1) is 25.4 Å². The predicted molar refractivity (Wildman–Crippen MR) is 292 cm³/mol. The molecule has 1 amide bonds. The van der Waals surface area contributed by atoms with Gasteiger partial charge in [0.2, 0.25) is 5.91 Å². The first-order chi connectivity index (χ1) is 33.0. The summed E-state index contributed by atoms with van der Waals surface area (Å²) in [5.74, 6) is -0.169. The smallest absolute Gasteiger partial charge is 0.305 e. The Morgan fingerprint density at radius 2 is 0.761 bits per heavy atom. The van der Waals surface area contributed by atoms with Crippen LogP contribution in [0.3, 0.4) is 0 Å². The van der Waals surface area contributed by atoms with Crippen LogP contribution in [-0.4, -0.2) is 47.4 Å². The summed E-state index contributed by atoms with van der Waals surface area (Å²) < 4.78 is 5.46. The minimum atomic E-state index is -0.878. The molecular weight excluding hydrogens is 827 g/mol. The van der Waals surface area contributed by atoms with Crippen LogP contribution in [-0.2, 0) is 14.3 Å². The van der Waals surface area contributed by atoms with E-state index in [0.717, 1.165) is 77.0 Å². The molecule has 0 fully saturated rings. The van der Waals surface area contributed by atoms with E-state index in [9.17, 15) is 19.8 Å². The number of rotatable bonds is 54. The van der Waals surface area contributed by atoms with Crippen molar-refractivity contribution in [1.29, 1.82) is 0 Å². The fourth-order valence-corrected chi connectivity index (χ4v) is 8.79. The molecule has 0 radical (unpaired) electrons. The van der Waals surface area contributed by atoms with Crippen molar-refractivity contribution in [2.75, 3.05) is 13.2 Å². The first-order valence-electron chi connectivity index (χ1n) is 29.4. The average molecular weight is 941 g/mol. The van der Waals surface area contributed by atoms with Gasteiger partial charge in [-0.3, -0.25) is 9.59 Å². The van der Waals surface area contributed by atoms with Gasteiger partial charge in [-0.1, -0.05) is 255 Å². The Morgan fingerprint density at radius 3 is 1.21 bits per heavy atom. The highest BCUT2D eigenvalue weighted by Gasteiger charge is 2.18. The van der Waals surface area contributed by atoms with Gasteiger partial charge in [-0.25, -0.2) is 0 Å². The molecule has 6 nitrogen and oxygen atoms in total. The normalized spacial score (nSPS) is 13.0. The van der Waals surface area contributed by atoms with Crippen LogP contribution in [0.1, 0.15) is 303 Å². The standard InChI is InChI=1S/C61H113NO5/c1-3-5-7-9-11-13-15-17-19-21-23-24-25-27-28-30-32-34-37-41-45-49-53-59(64)58(57-63)62-60(65)54-50-46-42-38-36-40-44-48-52-56-67-61(66)55-51-47-43-39-35-33-31-29-26-22-20-18-16-14-12-10-8-6-4-2/h12,14,18,20,38,42,49,53,58-59,63-64H,3-11,13,15-17,19,21-37,39-41,43-48,50-52,54-57H2,1-2H3,(H,62,65)/b14-12-,20-18-,42-38-,53-49+. The van der Waals surface area contributed by atoms with Gasteiger partial charge in [-0.15, -0.1) is 0 Å². The van der Waals surface area contributed by atoms with Crippen molar-refractivity contribution >= 4 is 11.9 Å². The Balaban J connectivity index is 3.55. The molecule has 0 aromatic heterocycles. The van der Waals surface area contributed by atoms with Crippen molar-refractivity contribution < 1.29 is 24.5 Å². The van der Waals surface area contributed by atoms with E-state index in [2.05, 4.69) is 55.6 Å². The maximum absolute atomic E-state index is 12.5. The number of allylic oxidation sites excluding steroid dienone is 7. The van der Waals surface area contributed by atoms with Gasteiger partial charge in [0, 0.05) is 12.8 Å². The second-order valence-corrected chi connectivity index (χ2v) is 20.0. The molecule has 0 saturated carbocycles. The molecular formula is C61H113NO5. The number of carbonyl (C=O) groups excluding carboxylic acids is 2. The minimum Gasteiger partial charge on any atom is -0.466 e. The molecule has 0 rings (SSSR count). The van der Waals surface area contributed by atoms with Crippen molar-refractivity contribution in [2.24, 2.45) is 0 Å². The van der Waals surface area contributed by atoms with Crippen LogP contribution in [0, 0.1) is 0 Å². The van der Waals surface area contributed by atoms with Crippen LogP contribution in [0.2, 0.25) is 0 Å². The van der Waals surface area contributed by atoms with Crippen molar-refractivity contribution in [3.8, 4) is 0 Å². The van der Waals surface area contributed by atoms with Gasteiger partial charge in [-0.2, -0.15) is 0 Å². The van der Waals surface area contributed by atoms with Crippen LogP contribution >= 0.6 is 0 Å². The number of hydrogen-bond donors (Lipinski definition) is 3. The number of aliphatic hydroxyl groups excluding tert-OH is 2. The molecule has 3 N–H and O–H groups in total. The number of amides is 1. The average Bonchev–Trinajstić information content (AvgIpc) is 3.33. The van der Waals surface area contributed by atoms with Crippen LogP contribution < -0.4 is 5.32 Å². The molecule has 2 atom stereocenters. The van der Waals surface area contributed by atoms with Crippen molar-refractivity contribution in [3.05, 3.63) is 48.6 Å². The zero-order chi connectivity index (χ0) is 48.6. The molecule has 0 spiro atoms. The molecule has 67 heavy (non-hydrogen) atoms. The van der Waals surface area contributed by atoms with Gasteiger partial charge in [-0.05, 0) is 83.5 Å². The van der Waals surface area contributed by atoms with Crippen LogP contribution in [0.5, 0.6) is 0 Å². The maximum Gasteiger partial charge on any atom is 0.305 e. The second-order valence-electron chi connectivity index (χ2n) is 20.0. The van der Waals surface area contributed by atoms with Gasteiger partial charge in [0.25, 0.3) is 0 Å². The summed E-state index contributed by atoms with van der Waals surface area (Å²) in [5.41, 5.74) is 0. The Labute approximate surface area is 416 Å². The van der Waals surface area contributed by atoms with E-state index in [1.807, 2.05) is 6.08 Å². The fraction of sp³-hybridized carbons (Fsp3) is 0.836. The first-order valence-corrected chi connectivity index (χ1v) is 29.4. The SMILES string of the molecule is CCCCC/C=C\C/C=C\CCCCCCCCCCCC(=O)OCCCCCC/C=C\CCCC(=O)NC(CO)C(O)/C=C/CCCCCCCCCCCCCCCCCCCCCC. The van der Waals surface area contributed by atoms with Gasteiger partial charge in [0.1, 0.15) is 0 Å². The van der Waals surface area contributed by atoms with Gasteiger partial charge in [0.15, 0.2) is 0 Å². The maximum atomic E-state index is 12.5. The summed E-state index contributed by atoms with van der Waals surface area (Å²) in [6.45, 7) is 4.80. The lowest BCUT2D eigenvalue weighted by Crippen LogP contribution is -2.45. The molecule has 6 heteroatoms. The molecule has 0 saturated heterocycles. The fourth-order valence-electron chi connectivity index (χ4n) is 8.79. The van der Waals surface area contributed by atoms with Gasteiger partial charge < -0.3 is 20.3 Å². The minimum absolute atomic E-state index is 0.0417. The van der Waals surface area contributed by atoms with Crippen molar-refractivity contribution in [3.63, 3.8) is 0 Å². The van der Waals surface area contributed by atoms with Crippen LogP contribution in [0.15, 0.2) is 48.6 Å². The number of carbonyl (C=O) groups is 2. The van der Waals surface area contributed by atoms with E-state index in [-0.39, 0.29) is 18.5 Å². The number of ether oxygens (including phenoxy) is 1. The molecule has 392 valence electrons. The third kappa shape index (κ3) is 53.0. The third-order valence-corrected chi connectivity index (χ3v) is 13.3. The largest absolute Gasteiger partial charge is 0.466 e. The Hall–Kier alpha value is -2.18. The van der Waals surface area contributed by atoms with E-state index in [0.29, 0.717) is 19.4 Å².